The second-order valence-electron chi connectivity index (χ2n) is 6.41. The van der Waals surface area contributed by atoms with E-state index < -0.39 is 6.61 Å². The SMILES string of the molecule is O=C(CO)N1CCN(C(=O)CC2CCCc3ccccc32)CC1. The number of nitrogens with zero attached hydrogens (tertiary/aromatic N) is 2. The summed E-state index contributed by atoms with van der Waals surface area (Å²) in [6.07, 6.45) is 3.90. The molecule has 1 unspecified atom stereocenters. The lowest BCUT2D eigenvalue weighted by Crippen LogP contribution is -2.51. The molecule has 2 amide bonds. The first-order chi connectivity index (χ1) is 11.2. The Bertz CT molecular complexity index is 579. The van der Waals surface area contributed by atoms with Crippen LogP contribution >= 0.6 is 0 Å². The predicted octanol–water partition coefficient (Wildman–Crippen LogP) is 1.16. The molecule has 0 aromatic heterocycles. The molecule has 23 heavy (non-hydrogen) atoms. The summed E-state index contributed by atoms with van der Waals surface area (Å²) in [6.45, 7) is 1.73. The third-order valence-electron chi connectivity index (χ3n) is 5.03. The van der Waals surface area contributed by atoms with Crippen molar-refractivity contribution in [1.82, 2.24) is 9.80 Å². The Kier molecular flexibility index (Phi) is 4.96. The molecule has 1 atom stereocenters. The smallest absolute Gasteiger partial charge is 0.248 e. The standard InChI is InChI=1S/C18H24N2O3/c21-13-18(23)20-10-8-19(9-11-20)17(22)12-15-6-3-5-14-4-1-2-7-16(14)15/h1-2,4,7,15,21H,3,5-6,8-13H2. The average molecular weight is 316 g/mol. The van der Waals surface area contributed by atoms with Crippen LogP contribution < -0.4 is 0 Å². The van der Waals surface area contributed by atoms with E-state index in [1.807, 2.05) is 4.90 Å². The first-order valence-electron chi connectivity index (χ1n) is 8.43. The van der Waals surface area contributed by atoms with E-state index in [1.54, 1.807) is 4.90 Å². The van der Waals surface area contributed by atoms with Crippen LogP contribution in [0.4, 0.5) is 0 Å². The number of aryl methyl sites for hydroxylation is 1. The molecule has 5 nitrogen and oxygen atoms in total. The fourth-order valence-corrected chi connectivity index (χ4v) is 3.71. The van der Waals surface area contributed by atoms with Gasteiger partial charge in [-0.3, -0.25) is 9.59 Å². The number of carbonyl (C=O) groups is 2. The van der Waals surface area contributed by atoms with E-state index in [-0.39, 0.29) is 11.8 Å². The summed E-state index contributed by atoms with van der Waals surface area (Å²) >= 11 is 0. The molecule has 0 bridgehead atoms. The molecule has 1 aliphatic heterocycles. The third kappa shape index (κ3) is 3.55. The molecule has 5 heteroatoms. The summed E-state index contributed by atoms with van der Waals surface area (Å²) in [6, 6.07) is 8.46. The highest BCUT2D eigenvalue weighted by Crippen LogP contribution is 2.34. The van der Waals surface area contributed by atoms with E-state index in [9.17, 15) is 9.59 Å². The maximum absolute atomic E-state index is 12.6. The van der Waals surface area contributed by atoms with Crippen LogP contribution in [0.5, 0.6) is 0 Å². The number of amides is 2. The highest BCUT2D eigenvalue weighted by atomic mass is 16.3. The maximum Gasteiger partial charge on any atom is 0.248 e. The number of hydrogen-bond acceptors (Lipinski definition) is 3. The first kappa shape index (κ1) is 16.0. The zero-order chi connectivity index (χ0) is 16.2. The number of carbonyl (C=O) groups excluding carboxylic acids is 2. The van der Waals surface area contributed by atoms with Crippen molar-refractivity contribution in [2.45, 2.75) is 31.6 Å². The van der Waals surface area contributed by atoms with Crippen LogP contribution in [0, 0.1) is 0 Å². The Morgan fingerprint density at radius 3 is 2.39 bits per heavy atom. The van der Waals surface area contributed by atoms with Crippen LogP contribution in [0.1, 0.15) is 36.3 Å². The van der Waals surface area contributed by atoms with Crippen LogP contribution in [-0.2, 0) is 16.0 Å². The highest BCUT2D eigenvalue weighted by molar-refractivity contribution is 5.79. The second-order valence-corrected chi connectivity index (χ2v) is 6.41. The summed E-state index contributed by atoms with van der Waals surface area (Å²) in [7, 11) is 0. The van der Waals surface area contributed by atoms with Gasteiger partial charge in [-0.2, -0.15) is 0 Å². The first-order valence-corrected chi connectivity index (χ1v) is 8.43. The second kappa shape index (κ2) is 7.13. The number of hydrogen-bond donors (Lipinski definition) is 1. The maximum atomic E-state index is 12.6. The number of piperazine rings is 1. The Morgan fingerprint density at radius 1 is 1.04 bits per heavy atom. The number of aliphatic hydroxyl groups is 1. The number of rotatable bonds is 3. The van der Waals surface area contributed by atoms with E-state index in [4.69, 9.17) is 5.11 Å². The van der Waals surface area contributed by atoms with Crippen LogP contribution in [-0.4, -0.2) is 59.5 Å². The van der Waals surface area contributed by atoms with Gasteiger partial charge in [-0.05, 0) is 36.3 Å². The summed E-state index contributed by atoms with van der Waals surface area (Å²) in [5.41, 5.74) is 2.72. The van der Waals surface area contributed by atoms with Gasteiger partial charge in [0.15, 0.2) is 0 Å². The van der Waals surface area contributed by atoms with Gasteiger partial charge in [0.25, 0.3) is 0 Å². The van der Waals surface area contributed by atoms with Crippen molar-refractivity contribution in [2.24, 2.45) is 0 Å². The fourth-order valence-electron chi connectivity index (χ4n) is 3.71. The van der Waals surface area contributed by atoms with Crippen molar-refractivity contribution in [1.29, 1.82) is 0 Å². The molecule has 1 fully saturated rings. The van der Waals surface area contributed by atoms with Crippen LogP contribution in [0.15, 0.2) is 24.3 Å². The van der Waals surface area contributed by atoms with Gasteiger partial charge in [-0.15, -0.1) is 0 Å². The predicted molar refractivity (Wildman–Crippen MR) is 87.0 cm³/mol. The van der Waals surface area contributed by atoms with E-state index in [0.717, 1.165) is 19.3 Å². The minimum atomic E-state index is -0.452. The van der Waals surface area contributed by atoms with Gasteiger partial charge in [0.1, 0.15) is 6.61 Å². The average Bonchev–Trinajstić information content (AvgIpc) is 2.61. The Morgan fingerprint density at radius 2 is 1.70 bits per heavy atom. The molecule has 0 radical (unpaired) electrons. The lowest BCUT2D eigenvalue weighted by molar-refractivity contribution is -0.141. The van der Waals surface area contributed by atoms with Gasteiger partial charge in [0.2, 0.25) is 11.8 Å². The van der Waals surface area contributed by atoms with Gasteiger partial charge in [0, 0.05) is 32.6 Å². The van der Waals surface area contributed by atoms with Crippen molar-refractivity contribution in [3.05, 3.63) is 35.4 Å². The molecule has 1 saturated heterocycles. The molecule has 1 aliphatic carbocycles. The van der Waals surface area contributed by atoms with E-state index in [2.05, 4.69) is 24.3 Å². The topological polar surface area (TPSA) is 60.9 Å². The Labute approximate surface area is 136 Å². The molecule has 3 rings (SSSR count). The van der Waals surface area contributed by atoms with Crippen LogP contribution in [0.2, 0.25) is 0 Å². The fraction of sp³-hybridized carbons (Fsp3) is 0.556. The molecule has 1 N–H and O–H groups in total. The molecule has 0 saturated carbocycles. The van der Waals surface area contributed by atoms with Crippen molar-refractivity contribution in [3.8, 4) is 0 Å². The summed E-state index contributed by atoms with van der Waals surface area (Å²) in [5, 5.41) is 8.90. The molecule has 0 spiro atoms. The Hall–Kier alpha value is -1.88. The van der Waals surface area contributed by atoms with Crippen molar-refractivity contribution >= 4 is 11.8 Å². The van der Waals surface area contributed by atoms with Gasteiger partial charge in [-0.1, -0.05) is 24.3 Å². The normalized spacial score (nSPS) is 21.0. The monoisotopic (exact) mass is 316 g/mol. The van der Waals surface area contributed by atoms with Crippen molar-refractivity contribution in [3.63, 3.8) is 0 Å². The van der Waals surface area contributed by atoms with Gasteiger partial charge >= 0.3 is 0 Å². The van der Waals surface area contributed by atoms with E-state index in [1.165, 1.54) is 11.1 Å². The minimum absolute atomic E-state index is 0.183. The van der Waals surface area contributed by atoms with Crippen molar-refractivity contribution < 1.29 is 14.7 Å². The lowest BCUT2D eigenvalue weighted by Gasteiger charge is -2.35. The summed E-state index contributed by atoms with van der Waals surface area (Å²) in [4.78, 5) is 27.5. The highest BCUT2D eigenvalue weighted by Gasteiger charge is 2.27. The zero-order valence-corrected chi connectivity index (χ0v) is 13.4. The van der Waals surface area contributed by atoms with Crippen LogP contribution in [0.3, 0.4) is 0 Å². The zero-order valence-electron chi connectivity index (χ0n) is 13.4. The molecule has 1 aromatic rings. The number of benzene rings is 1. The lowest BCUT2D eigenvalue weighted by atomic mass is 9.81. The molecule has 1 heterocycles. The number of aliphatic hydroxyl groups excluding tert-OH is 1. The molecule has 1 aromatic carbocycles. The van der Waals surface area contributed by atoms with Gasteiger partial charge < -0.3 is 14.9 Å². The molecular weight excluding hydrogens is 292 g/mol. The molecule has 2 aliphatic rings. The van der Waals surface area contributed by atoms with Gasteiger partial charge in [0.05, 0.1) is 0 Å². The van der Waals surface area contributed by atoms with Gasteiger partial charge in [-0.25, -0.2) is 0 Å². The molecule has 124 valence electrons. The summed E-state index contributed by atoms with van der Waals surface area (Å²) < 4.78 is 0. The Balaban J connectivity index is 1.58. The summed E-state index contributed by atoms with van der Waals surface area (Å²) in [5.74, 6) is 0.255. The minimum Gasteiger partial charge on any atom is -0.387 e. The van der Waals surface area contributed by atoms with E-state index in [0.29, 0.717) is 38.5 Å². The molecular formula is C18H24N2O3. The largest absolute Gasteiger partial charge is 0.387 e. The number of fused-ring (bicyclic) bond motifs is 1. The third-order valence-corrected chi connectivity index (χ3v) is 5.03. The van der Waals surface area contributed by atoms with Crippen LogP contribution in [0.25, 0.3) is 0 Å². The quantitative estimate of drug-likeness (QED) is 0.910. The van der Waals surface area contributed by atoms with Crippen molar-refractivity contribution in [2.75, 3.05) is 32.8 Å². The van der Waals surface area contributed by atoms with E-state index >= 15 is 0 Å².